The van der Waals surface area contributed by atoms with Crippen LogP contribution in [-0.2, 0) is 23.8 Å². The molecule has 2 aromatic rings. The van der Waals surface area contributed by atoms with Gasteiger partial charge in [-0.3, -0.25) is 4.79 Å². The minimum atomic E-state index is -4.56. The Morgan fingerprint density at radius 3 is 2.59 bits per heavy atom. The second-order valence-electron chi connectivity index (χ2n) is 3.79. The van der Waals surface area contributed by atoms with E-state index < -0.39 is 16.0 Å². The Labute approximate surface area is 97.3 Å². The molecule has 2 aromatic heterocycles. The summed E-state index contributed by atoms with van der Waals surface area (Å²) >= 11 is 0. The van der Waals surface area contributed by atoms with Crippen LogP contribution in [0.25, 0.3) is 10.9 Å². The minimum Gasteiger partial charge on any atom is -0.346 e. The lowest BCUT2D eigenvalue weighted by atomic mass is 10.3. The first-order valence-electron chi connectivity index (χ1n) is 4.95. The molecular formula is C10H11FN2O3S. The molecule has 0 aromatic carbocycles. The summed E-state index contributed by atoms with van der Waals surface area (Å²) < 4.78 is 36.1. The van der Waals surface area contributed by atoms with Crippen molar-refractivity contribution in [2.75, 3.05) is 5.75 Å². The molecule has 0 radical (unpaired) electrons. The number of aryl methyl sites for hydroxylation is 2. The molecule has 0 saturated heterocycles. The van der Waals surface area contributed by atoms with Crippen LogP contribution in [0.1, 0.15) is 0 Å². The van der Waals surface area contributed by atoms with Gasteiger partial charge in [0.25, 0.3) is 5.56 Å². The number of rotatable bonds is 3. The van der Waals surface area contributed by atoms with Crippen LogP contribution in [0.4, 0.5) is 3.89 Å². The Morgan fingerprint density at radius 1 is 1.29 bits per heavy atom. The highest BCUT2D eigenvalue weighted by molar-refractivity contribution is 7.86. The Kier molecular flexibility index (Phi) is 2.78. The molecule has 0 spiro atoms. The molecule has 0 bridgehead atoms. The number of hydrogen-bond donors (Lipinski definition) is 0. The van der Waals surface area contributed by atoms with E-state index in [4.69, 9.17) is 0 Å². The van der Waals surface area contributed by atoms with Gasteiger partial charge in [-0.1, -0.05) is 0 Å². The molecule has 0 aliphatic rings. The van der Waals surface area contributed by atoms with Crippen molar-refractivity contribution in [3.05, 3.63) is 34.9 Å². The number of hydrogen-bond acceptors (Lipinski definition) is 3. The highest BCUT2D eigenvalue weighted by Gasteiger charge is 2.10. The predicted octanol–water partition coefficient (Wildman–Crippen LogP) is 0.639. The number of fused-ring (bicyclic) bond motifs is 1. The molecular weight excluding hydrogens is 247 g/mol. The van der Waals surface area contributed by atoms with Crippen molar-refractivity contribution in [2.24, 2.45) is 7.05 Å². The lowest BCUT2D eigenvalue weighted by Gasteiger charge is -2.04. The van der Waals surface area contributed by atoms with E-state index in [1.165, 1.54) is 10.8 Å². The molecule has 0 saturated carbocycles. The fraction of sp³-hybridized carbons (Fsp3) is 0.300. The van der Waals surface area contributed by atoms with Crippen LogP contribution in [0, 0.1) is 0 Å². The normalized spacial score (nSPS) is 12.1. The second-order valence-corrected chi connectivity index (χ2v) is 5.27. The minimum absolute atomic E-state index is 0.182. The van der Waals surface area contributed by atoms with Crippen molar-refractivity contribution < 1.29 is 12.3 Å². The first kappa shape index (κ1) is 11.8. The van der Waals surface area contributed by atoms with Crippen LogP contribution in [0.5, 0.6) is 0 Å². The zero-order chi connectivity index (χ0) is 12.6. The molecule has 2 heterocycles. The topological polar surface area (TPSA) is 61.1 Å². The van der Waals surface area contributed by atoms with E-state index >= 15 is 0 Å². The van der Waals surface area contributed by atoms with E-state index in [1.54, 1.807) is 29.9 Å². The molecule has 92 valence electrons. The van der Waals surface area contributed by atoms with Gasteiger partial charge in [0.1, 0.15) is 5.52 Å². The van der Waals surface area contributed by atoms with E-state index in [0.717, 1.165) is 5.39 Å². The van der Waals surface area contributed by atoms with Crippen LogP contribution in [-0.4, -0.2) is 23.3 Å². The quantitative estimate of drug-likeness (QED) is 0.759. The molecule has 0 fully saturated rings. The average molecular weight is 258 g/mol. The van der Waals surface area contributed by atoms with Crippen LogP contribution in [0.2, 0.25) is 0 Å². The Hall–Kier alpha value is -1.63. The Bertz CT molecular complexity index is 715. The predicted molar refractivity (Wildman–Crippen MR) is 62.1 cm³/mol. The smallest absolute Gasteiger partial charge is 0.304 e. The molecule has 0 aliphatic heterocycles. The number of aromatic nitrogens is 2. The number of nitrogens with zero attached hydrogens (tertiary/aromatic N) is 2. The van der Waals surface area contributed by atoms with Gasteiger partial charge in [0.05, 0.1) is 5.75 Å². The summed E-state index contributed by atoms with van der Waals surface area (Å²) in [5, 5.41) is 0.775. The zero-order valence-corrected chi connectivity index (χ0v) is 9.95. The third kappa shape index (κ3) is 2.38. The summed E-state index contributed by atoms with van der Waals surface area (Å²) in [7, 11) is -2.83. The van der Waals surface area contributed by atoms with Crippen molar-refractivity contribution in [3.63, 3.8) is 0 Å². The maximum absolute atomic E-state index is 12.4. The molecule has 0 unspecified atom stereocenters. The van der Waals surface area contributed by atoms with Gasteiger partial charge in [-0.05, 0) is 12.1 Å². The van der Waals surface area contributed by atoms with Gasteiger partial charge >= 0.3 is 10.2 Å². The van der Waals surface area contributed by atoms with Gasteiger partial charge in [-0.25, -0.2) is 0 Å². The molecule has 2 rings (SSSR count). The first-order chi connectivity index (χ1) is 7.88. The molecule has 0 amide bonds. The maximum Gasteiger partial charge on any atom is 0.304 e. The van der Waals surface area contributed by atoms with E-state index in [2.05, 4.69) is 0 Å². The standard InChI is InChI=1S/C10H11FN2O3S/c1-12-4-2-8-3-5-13(10(14)9(8)12)6-7-17(11,15)16/h2-5H,6-7H2,1H3. The lowest BCUT2D eigenvalue weighted by molar-refractivity contribution is 0.544. The van der Waals surface area contributed by atoms with Crippen LogP contribution >= 0.6 is 0 Å². The van der Waals surface area contributed by atoms with Gasteiger partial charge < -0.3 is 9.13 Å². The van der Waals surface area contributed by atoms with Crippen LogP contribution in [0.15, 0.2) is 29.3 Å². The summed E-state index contributed by atoms with van der Waals surface area (Å²) in [4.78, 5) is 12.0. The SMILES string of the molecule is Cn1ccc2ccn(CCS(=O)(=O)F)c(=O)c21. The third-order valence-electron chi connectivity index (χ3n) is 2.58. The van der Waals surface area contributed by atoms with E-state index in [1.807, 2.05) is 0 Å². The Morgan fingerprint density at radius 2 is 1.94 bits per heavy atom. The molecule has 17 heavy (non-hydrogen) atoms. The number of pyridine rings is 1. The lowest BCUT2D eigenvalue weighted by Crippen LogP contribution is -2.23. The van der Waals surface area contributed by atoms with Crippen molar-refractivity contribution in [1.82, 2.24) is 9.13 Å². The Balaban J connectivity index is 2.46. The van der Waals surface area contributed by atoms with Crippen molar-refractivity contribution in [1.29, 1.82) is 0 Å². The van der Waals surface area contributed by atoms with E-state index in [9.17, 15) is 17.1 Å². The summed E-state index contributed by atoms with van der Waals surface area (Å²) in [5.41, 5.74) is 0.155. The van der Waals surface area contributed by atoms with Gasteiger partial charge in [0.15, 0.2) is 0 Å². The molecule has 0 atom stereocenters. The number of halogens is 1. The third-order valence-corrected chi connectivity index (χ3v) is 3.25. The zero-order valence-electron chi connectivity index (χ0n) is 9.13. The maximum atomic E-state index is 12.4. The second kappa shape index (κ2) is 3.99. The summed E-state index contributed by atoms with van der Waals surface area (Å²) in [6, 6.07) is 3.48. The summed E-state index contributed by atoms with van der Waals surface area (Å²) in [6.45, 7) is -0.182. The highest BCUT2D eigenvalue weighted by Crippen LogP contribution is 2.09. The first-order valence-corrected chi connectivity index (χ1v) is 6.50. The van der Waals surface area contributed by atoms with Gasteiger partial charge in [0.2, 0.25) is 0 Å². The molecule has 0 aliphatic carbocycles. The monoisotopic (exact) mass is 258 g/mol. The largest absolute Gasteiger partial charge is 0.346 e. The van der Waals surface area contributed by atoms with Crippen molar-refractivity contribution in [3.8, 4) is 0 Å². The van der Waals surface area contributed by atoms with Gasteiger partial charge in [-0.2, -0.15) is 8.42 Å². The van der Waals surface area contributed by atoms with Crippen LogP contribution < -0.4 is 5.56 Å². The highest BCUT2D eigenvalue weighted by atomic mass is 32.3. The van der Waals surface area contributed by atoms with Gasteiger partial charge in [-0.15, -0.1) is 3.89 Å². The van der Waals surface area contributed by atoms with Gasteiger partial charge in [0, 0.05) is 31.4 Å². The van der Waals surface area contributed by atoms with Crippen molar-refractivity contribution in [2.45, 2.75) is 6.54 Å². The molecule has 7 heteroatoms. The fourth-order valence-electron chi connectivity index (χ4n) is 1.72. The fourth-order valence-corrected chi connectivity index (χ4v) is 2.13. The molecule has 0 N–H and O–H groups in total. The van der Waals surface area contributed by atoms with Crippen LogP contribution in [0.3, 0.4) is 0 Å². The van der Waals surface area contributed by atoms with Crippen molar-refractivity contribution >= 4 is 21.1 Å². The van der Waals surface area contributed by atoms with E-state index in [-0.39, 0.29) is 12.1 Å². The van der Waals surface area contributed by atoms with E-state index in [0.29, 0.717) is 5.52 Å². The summed E-state index contributed by atoms with van der Waals surface area (Å²) in [6.07, 6.45) is 3.21. The molecule has 5 nitrogen and oxygen atoms in total. The summed E-state index contributed by atoms with van der Waals surface area (Å²) in [5.74, 6) is -0.692. The average Bonchev–Trinajstić information content (AvgIpc) is 2.59.